The van der Waals surface area contributed by atoms with Crippen LogP contribution in [0, 0.1) is 0 Å². The zero-order valence-corrected chi connectivity index (χ0v) is 14.4. The number of rotatable bonds is 2. The maximum atomic E-state index is 13.0. The van der Waals surface area contributed by atoms with Gasteiger partial charge in [-0.1, -0.05) is 26.0 Å². The number of pyridine rings is 1. The summed E-state index contributed by atoms with van der Waals surface area (Å²) >= 11 is 0. The number of aryl methyl sites for hydroxylation is 1. The summed E-state index contributed by atoms with van der Waals surface area (Å²) in [4.78, 5) is 27.7. The van der Waals surface area contributed by atoms with Crippen LogP contribution in [-0.2, 0) is 6.42 Å². The fourth-order valence-electron chi connectivity index (χ4n) is 3.30. The Kier molecular flexibility index (Phi) is 3.92. The van der Waals surface area contributed by atoms with Crippen LogP contribution >= 0.6 is 0 Å². The second-order valence-corrected chi connectivity index (χ2v) is 6.70. The molecule has 0 spiro atoms. The van der Waals surface area contributed by atoms with Gasteiger partial charge in [-0.25, -0.2) is 9.97 Å². The number of nitrogens with zero attached hydrogens (tertiary/aromatic N) is 4. The Labute approximate surface area is 146 Å². The van der Waals surface area contributed by atoms with E-state index in [1.807, 2.05) is 4.90 Å². The third-order valence-electron chi connectivity index (χ3n) is 4.68. The van der Waals surface area contributed by atoms with E-state index in [2.05, 4.69) is 47.0 Å². The first-order valence-corrected chi connectivity index (χ1v) is 8.66. The minimum atomic E-state index is -0.0780. The van der Waals surface area contributed by atoms with Crippen molar-refractivity contribution in [2.45, 2.75) is 32.6 Å². The molecule has 3 aromatic rings. The molecule has 0 N–H and O–H groups in total. The maximum Gasteiger partial charge on any atom is 0.276 e. The summed E-state index contributed by atoms with van der Waals surface area (Å²) in [5, 5.41) is 0. The molecule has 0 radical (unpaired) electrons. The molecule has 0 bridgehead atoms. The van der Waals surface area contributed by atoms with Crippen molar-refractivity contribution in [3.8, 4) is 0 Å². The molecule has 3 heterocycles. The van der Waals surface area contributed by atoms with Crippen LogP contribution in [0.1, 0.15) is 47.8 Å². The standard InChI is InChI=1S/C20H20N4O/c1-13(2)14-5-8-18-15(12-14)4-3-11-24(18)20(25)17-7-6-16-19(23-17)22-10-9-21-16/h5-10,12-13H,3-4,11H2,1-2H3. The smallest absolute Gasteiger partial charge is 0.276 e. The van der Waals surface area contributed by atoms with Gasteiger partial charge in [0, 0.05) is 24.6 Å². The maximum absolute atomic E-state index is 13.0. The molecule has 0 unspecified atom stereocenters. The van der Waals surface area contributed by atoms with E-state index >= 15 is 0 Å². The number of benzene rings is 1. The lowest BCUT2D eigenvalue weighted by molar-refractivity contribution is 0.0980. The number of hydrogen-bond donors (Lipinski definition) is 0. The Morgan fingerprint density at radius 3 is 2.80 bits per heavy atom. The van der Waals surface area contributed by atoms with Crippen molar-refractivity contribution < 1.29 is 4.79 Å². The van der Waals surface area contributed by atoms with Gasteiger partial charge in [-0.3, -0.25) is 9.78 Å². The number of hydrogen-bond acceptors (Lipinski definition) is 4. The van der Waals surface area contributed by atoms with Crippen molar-refractivity contribution in [1.29, 1.82) is 0 Å². The zero-order valence-electron chi connectivity index (χ0n) is 14.4. The first-order chi connectivity index (χ1) is 12.1. The summed E-state index contributed by atoms with van der Waals surface area (Å²) in [7, 11) is 0. The summed E-state index contributed by atoms with van der Waals surface area (Å²) in [5.74, 6) is 0.405. The minimum Gasteiger partial charge on any atom is -0.307 e. The van der Waals surface area contributed by atoms with Gasteiger partial charge in [-0.2, -0.15) is 0 Å². The van der Waals surface area contributed by atoms with Crippen LogP contribution in [0.5, 0.6) is 0 Å². The average molecular weight is 332 g/mol. The molecule has 5 nitrogen and oxygen atoms in total. The predicted molar refractivity (Wildman–Crippen MR) is 97.9 cm³/mol. The van der Waals surface area contributed by atoms with Crippen molar-refractivity contribution in [3.05, 3.63) is 59.5 Å². The largest absolute Gasteiger partial charge is 0.307 e. The molecular formula is C20H20N4O. The summed E-state index contributed by atoms with van der Waals surface area (Å²) in [6.07, 6.45) is 5.19. The zero-order chi connectivity index (χ0) is 17.4. The molecule has 0 fully saturated rings. The van der Waals surface area contributed by atoms with Crippen LogP contribution in [0.3, 0.4) is 0 Å². The molecule has 126 valence electrons. The third kappa shape index (κ3) is 2.86. The molecule has 0 saturated carbocycles. The number of carbonyl (C=O) groups is 1. The highest BCUT2D eigenvalue weighted by Gasteiger charge is 2.25. The first kappa shape index (κ1) is 15.7. The van der Waals surface area contributed by atoms with Gasteiger partial charge in [0.05, 0.1) is 0 Å². The number of anilines is 1. The predicted octanol–water partition coefficient (Wildman–Crippen LogP) is 3.74. The molecule has 1 aromatic carbocycles. The fraction of sp³-hybridized carbons (Fsp3) is 0.300. The molecule has 1 amide bonds. The first-order valence-electron chi connectivity index (χ1n) is 8.66. The number of amides is 1. The Morgan fingerprint density at radius 2 is 1.96 bits per heavy atom. The molecule has 1 aliphatic rings. The van der Waals surface area contributed by atoms with Crippen molar-refractivity contribution in [2.75, 3.05) is 11.4 Å². The van der Waals surface area contributed by atoms with Crippen LogP contribution < -0.4 is 4.90 Å². The molecule has 0 saturated heterocycles. The molecular weight excluding hydrogens is 312 g/mol. The normalized spacial score (nSPS) is 14.0. The topological polar surface area (TPSA) is 59.0 Å². The van der Waals surface area contributed by atoms with Crippen molar-refractivity contribution >= 4 is 22.8 Å². The third-order valence-corrected chi connectivity index (χ3v) is 4.68. The van der Waals surface area contributed by atoms with Crippen molar-refractivity contribution in [3.63, 3.8) is 0 Å². The van der Waals surface area contributed by atoms with Crippen molar-refractivity contribution in [2.24, 2.45) is 0 Å². The van der Waals surface area contributed by atoms with Crippen LogP contribution in [0.2, 0.25) is 0 Å². The van der Waals surface area contributed by atoms with E-state index in [0.29, 0.717) is 29.3 Å². The highest BCUT2D eigenvalue weighted by Crippen LogP contribution is 2.31. The van der Waals surface area contributed by atoms with Gasteiger partial charge in [0.15, 0.2) is 5.65 Å². The highest BCUT2D eigenvalue weighted by molar-refractivity contribution is 6.06. The monoisotopic (exact) mass is 332 g/mol. The van der Waals surface area contributed by atoms with E-state index in [1.165, 1.54) is 11.1 Å². The van der Waals surface area contributed by atoms with Crippen LogP contribution in [0.4, 0.5) is 5.69 Å². The van der Waals surface area contributed by atoms with E-state index in [0.717, 1.165) is 18.5 Å². The fourth-order valence-corrected chi connectivity index (χ4v) is 3.30. The molecule has 5 heteroatoms. The molecule has 1 aliphatic heterocycles. The Bertz CT molecular complexity index is 951. The van der Waals surface area contributed by atoms with Gasteiger partial charge in [-0.15, -0.1) is 0 Å². The van der Waals surface area contributed by atoms with Gasteiger partial charge >= 0.3 is 0 Å². The second kappa shape index (κ2) is 6.24. The van der Waals surface area contributed by atoms with Crippen LogP contribution in [-0.4, -0.2) is 27.4 Å². The van der Waals surface area contributed by atoms with E-state index in [-0.39, 0.29) is 5.91 Å². The number of carbonyl (C=O) groups excluding carboxylic acids is 1. The second-order valence-electron chi connectivity index (χ2n) is 6.70. The summed E-state index contributed by atoms with van der Waals surface area (Å²) in [6.45, 7) is 5.09. The minimum absolute atomic E-state index is 0.0780. The highest BCUT2D eigenvalue weighted by atomic mass is 16.2. The van der Waals surface area contributed by atoms with Crippen LogP contribution in [0.25, 0.3) is 11.2 Å². The van der Waals surface area contributed by atoms with E-state index in [4.69, 9.17) is 0 Å². The molecule has 2 aromatic heterocycles. The SMILES string of the molecule is CC(C)c1ccc2c(c1)CCCN2C(=O)c1ccc2nccnc2n1. The molecule has 4 rings (SSSR count). The van der Waals surface area contributed by atoms with Gasteiger partial charge in [0.1, 0.15) is 11.2 Å². The van der Waals surface area contributed by atoms with Crippen LogP contribution in [0.15, 0.2) is 42.7 Å². The molecule has 0 atom stereocenters. The lowest BCUT2D eigenvalue weighted by Gasteiger charge is -2.30. The molecule has 25 heavy (non-hydrogen) atoms. The van der Waals surface area contributed by atoms with E-state index in [9.17, 15) is 4.79 Å². The van der Waals surface area contributed by atoms with Gasteiger partial charge in [-0.05, 0) is 48.1 Å². The Balaban J connectivity index is 1.71. The summed E-state index contributed by atoms with van der Waals surface area (Å²) in [5.41, 5.74) is 5.16. The number of fused-ring (bicyclic) bond motifs is 2. The lowest BCUT2D eigenvalue weighted by Crippen LogP contribution is -2.36. The van der Waals surface area contributed by atoms with E-state index in [1.54, 1.807) is 24.5 Å². The quantitative estimate of drug-likeness (QED) is 0.717. The average Bonchev–Trinajstić information content (AvgIpc) is 2.66. The number of aromatic nitrogens is 3. The van der Waals surface area contributed by atoms with Crippen molar-refractivity contribution in [1.82, 2.24) is 15.0 Å². The van der Waals surface area contributed by atoms with Gasteiger partial charge in [0.2, 0.25) is 0 Å². The van der Waals surface area contributed by atoms with Gasteiger partial charge < -0.3 is 4.90 Å². The summed E-state index contributed by atoms with van der Waals surface area (Å²) < 4.78 is 0. The lowest BCUT2D eigenvalue weighted by atomic mass is 9.94. The molecule has 0 aliphatic carbocycles. The Hall–Kier alpha value is -2.82. The summed E-state index contributed by atoms with van der Waals surface area (Å²) in [6, 6.07) is 9.96. The van der Waals surface area contributed by atoms with Gasteiger partial charge in [0.25, 0.3) is 5.91 Å². The van der Waals surface area contributed by atoms with E-state index < -0.39 is 0 Å². The Morgan fingerprint density at radius 1 is 1.12 bits per heavy atom.